The number of benzene rings is 2. The molecule has 2 aromatic carbocycles. The first-order valence-electron chi connectivity index (χ1n) is 12.5. The summed E-state index contributed by atoms with van der Waals surface area (Å²) in [5.74, 6) is 0.746. The van der Waals surface area contributed by atoms with E-state index in [-0.39, 0.29) is 0 Å². The van der Waals surface area contributed by atoms with Crippen LogP contribution in [-0.4, -0.2) is 42.7 Å². The average molecular weight is 488 g/mol. The van der Waals surface area contributed by atoms with E-state index in [1.807, 2.05) is 38.2 Å². The smallest absolute Gasteiger partial charge is 0.129 e. The van der Waals surface area contributed by atoms with Gasteiger partial charge in [0.05, 0.1) is 28.8 Å². The third-order valence-electron chi connectivity index (χ3n) is 7.03. The predicted octanol–water partition coefficient (Wildman–Crippen LogP) is 5.27. The van der Waals surface area contributed by atoms with Crippen LogP contribution < -0.4 is 5.73 Å². The van der Waals surface area contributed by atoms with E-state index in [2.05, 4.69) is 57.5 Å². The molecule has 6 rings (SSSR count). The Balaban J connectivity index is 1.24. The van der Waals surface area contributed by atoms with E-state index in [1.165, 1.54) is 11.1 Å². The fraction of sp³-hybridized carbons (Fsp3) is 0.200. The molecule has 0 bridgehead atoms. The first-order valence-corrected chi connectivity index (χ1v) is 12.5. The van der Waals surface area contributed by atoms with E-state index in [0.29, 0.717) is 0 Å². The standard InChI is InChI=1S/C30H29N7/c1-20-27(30(31)36(2)35-20)22-13-16-37(17-14-22)19-21-8-10-24(11-9-21)29-28(23-6-4-3-5-7-23)34-26-18-32-15-12-25(26)33-29/h3-13,15,18H,14,16-17,19,31H2,1-2H3. The van der Waals surface area contributed by atoms with Crippen molar-refractivity contribution in [1.29, 1.82) is 0 Å². The second kappa shape index (κ2) is 9.59. The van der Waals surface area contributed by atoms with Crippen molar-refractivity contribution in [2.45, 2.75) is 19.9 Å². The zero-order valence-corrected chi connectivity index (χ0v) is 21.1. The maximum atomic E-state index is 6.27. The first kappa shape index (κ1) is 23.1. The summed E-state index contributed by atoms with van der Waals surface area (Å²) >= 11 is 0. The van der Waals surface area contributed by atoms with Crippen LogP contribution in [-0.2, 0) is 13.6 Å². The molecule has 2 N–H and O–H groups in total. The van der Waals surface area contributed by atoms with Gasteiger partial charge in [0.2, 0.25) is 0 Å². The van der Waals surface area contributed by atoms with Crippen molar-refractivity contribution in [1.82, 2.24) is 29.6 Å². The van der Waals surface area contributed by atoms with Crippen LogP contribution >= 0.6 is 0 Å². The summed E-state index contributed by atoms with van der Waals surface area (Å²) in [6, 6.07) is 20.8. The van der Waals surface area contributed by atoms with Crippen molar-refractivity contribution < 1.29 is 0 Å². The molecule has 5 aromatic rings. The molecule has 1 aliphatic heterocycles. The Morgan fingerprint density at radius 1 is 0.892 bits per heavy atom. The van der Waals surface area contributed by atoms with Crippen LogP contribution in [0.2, 0.25) is 0 Å². The van der Waals surface area contributed by atoms with Gasteiger partial charge in [0, 0.05) is 49.6 Å². The van der Waals surface area contributed by atoms with E-state index in [9.17, 15) is 0 Å². The number of aromatic nitrogens is 5. The molecule has 0 radical (unpaired) electrons. The fourth-order valence-electron chi connectivity index (χ4n) is 5.09. The molecule has 0 fully saturated rings. The first-order chi connectivity index (χ1) is 18.1. The predicted molar refractivity (Wildman–Crippen MR) is 148 cm³/mol. The molecule has 0 spiro atoms. The molecule has 0 aliphatic carbocycles. The highest BCUT2D eigenvalue weighted by molar-refractivity contribution is 5.85. The molecule has 0 atom stereocenters. The number of nitrogens with two attached hydrogens (primary N) is 1. The lowest BCUT2D eigenvalue weighted by atomic mass is 9.98. The Morgan fingerprint density at radius 3 is 2.30 bits per heavy atom. The third kappa shape index (κ3) is 4.49. The molecular weight excluding hydrogens is 458 g/mol. The lowest BCUT2D eigenvalue weighted by Crippen LogP contribution is -2.28. The molecular formula is C30H29N7. The lowest BCUT2D eigenvalue weighted by molar-refractivity contribution is 0.294. The highest BCUT2D eigenvalue weighted by Gasteiger charge is 2.20. The normalized spacial score (nSPS) is 14.2. The van der Waals surface area contributed by atoms with Crippen LogP contribution in [0.15, 0.2) is 79.1 Å². The number of nitrogen functional groups attached to an aromatic ring is 1. The molecule has 1 aliphatic rings. The zero-order valence-electron chi connectivity index (χ0n) is 21.1. The van der Waals surface area contributed by atoms with Crippen LogP contribution in [0.25, 0.3) is 39.1 Å². The number of pyridine rings is 1. The molecule has 7 heteroatoms. The maximum absolute atomic E-state index is 6.27. The van der Waals surface area contributed by atoms with Crippen molar-refractivity contribution in [3.63, 3.8) is 0 Å². The molecule has 0 amide bonds. The van der Waals surface area contributed by atoms with Gasteiger partial charge < -0.3 is 5.73 Å². The van der Waals surface area contributed by atoms with Crippen molar-refractivity contribution in [3.05, 3.63) is 96.0 Å². The summed E-state index contributed by atoms with van der Waals surface area (Å²) in [5, 5.41) is 4.47. The van der Waals surface area contributed by atoms with Gasteiger partial charge >= 0.3 is 0 Å². The molecule has 3 aromatic heterocycles. The molecule has 184 valence electrons. The number of fused-ring (bicyclic) bond motifs is 1. The minimum absolute atomic E-state index is 0.746. The molecule has 0 unspecified atom stereocenters. The van der Waals surface area contributed by atoms with Crippen molar-refractivity contribution in [3.8, 4) is 22.5 Å². The Morgan fingerprint density at radius 2 is 1.62 bits per heavy atom. The van der Waals surface area contributed by atoms with E-state index >= 15 is 0 Å². The van der Waals surface area contributed by atoms with Crippen molar-refractivity contribution >= 4 is 22.4 Å². The van der Waals surface area contributed by atoms with Crippen LogP contribution in [0, 0.1) is 6.92 Å². The van der Waals surface area contributed by atoms with E-state index in [0.717, 1.165) is 76.7 Å². The molecule has 0 saturated carbocycles. The second-order valence-corrected chi connectivity index (χ2v) is 9.53. The molecule has 0 saturated heterocycles. The highest BCUT2D eigenvalue weighted by atomic mass is 15.3. The number of nitrogens with zero attached hydrogens (tertiary/aromatic N) is 6. The Hall–Kier alpha value is -4.36. The minimum Gasteiger partial charge on any atom is -0.383 e. The summed E-state index contributed by atoms with van der Waals surface area (Å²) in [6.45, 7) is 4.81. The minimum atomic E-state index is 0.746. The topological polar surface area (TPSA) is 85.8 Å². The summed E-state index contributed by atoms with van der Waals surface area (Å²) in [7, 11) is 1.90. The summed E-state index contributed by atoms with van der Waals surface area (Å²) in [6.07, 6.45) is 6.79. The Bertz CT molecular complexity index is 1600. The summed E-state index contributed by atoms with van der Waals surface area (Å²) in [4.78, 5) is 16.6. The van der Waals surface area contributed by atoms with Crippen LogP contribution in [0.1, 0.15) is 23.2 Å². The van der Waals surface area contributed by atoms with Gasteiger partial charge in [0.1, 0.15) is 11.3 Å². The van der Waals surface area contributed by atoms with E-state index in [1.54, 1.807) is 17.1 Å². The maximum Gasteiger partial charge on any atom is 0.129 e. The van der Waals surface area contributed by atoms with Crippen LogP contribution in [0.4, 0.5) is 5.82 Å². The Labute approximate surface area is 216 Å². The number of rotatable bonds is 5. The monoisotopic (exact) mass is 487 g/mol. The average Bonchev–Trinajstić information content (AvgIpc) is 3.20. The summed E-state index contributed by atoms with van der Waals surface area (Å²) in [5.41, 5.74) is 16.4. The number of aryl methyl sites for hydroxylation is 2. The molecule has 7 nitrogen and oxygen atoms in total. The van der Waals surface area contributed by atoms with Crippen molar-refractivity contribution in [2.75, 3.05) is 18.8 Å². The van der Waals surface area contributed by atoms with E-state index in [4.69, 9.17) is 15.7 Å². The van der Waals surface area contributed by atoms with Gasteiger partial charge in [0.15, 0.2) is 0 Å². The van der Waals surface area contributed by atoms with Gasteiger partial charge in [-0.25, -0.2) is 9.97 Å². The van der Waals surface area contributed by atoms with Gasteiger partial charge in [-0.3, -0.25) is 14.6 Å². The molecule has 37 heavy (non-hydrogen) atoms. The fourth-order valence-corrected chi connectivity index (χ4v) is 5.09. The van der Waals surface area contributed by atoms with Gasteiger partial charge in [-0.05, 0) is 30.5 Å². The van der Waals surface area contributed by atoms with Crippen LogP contribution in [0.3, 0.4) is 0 Å². The van der Waals surface area contributed by atoms with Crippen molar-refractivity contribution in [2.24, 2.45) is 7.05 Å². The van der Waals surface area contributed by atoms with Crippen LogP contribution in [0.5, 0.6) is 0 Å². The zero-order chi connectivity index (χ0) is 25.4. The highest BCUT2D eigenvalue weighted by Crippen LogP contribution is 2.32. The SMILES string of the molecule is Cc1nn(C)c(N)c1C1=CCN(Cc2ccc(-c3nc4ccncc4nc3-c3ccccc3)cc2)CC1. The van der Waals surface area contributed by atoms with E-state index < -0.39 is 0 Å². The molecule has 4 heterocycles. The van der Waals surface area contributed by atoms with Gasteiger partial charge in [-0.15, -0.1) is 0 Å². The summed E-state index contributed by atoms with van der Waals surface area (Å²) < 4.78 is 1.76. The number of hydrogen-bond donors (Lipinski definition) is 1. The van der Waals surface area contributed by atoms with Gasteiger partial charge in [0.25, 0.3) is 0 Å². The number of anilines is 1. The van der Waals surface area contributed by atoms with Gasteiger partial charge in [-0.1, -0.05) is 60.7 Å². The largest absolute Gasteiger partial charge is 0.383 e. The lowest BCUT2D eigenvalue weighted by Gasteiger charge is -2.26. The quantitative estimate of drug-likeness (QED) is 0.363. The second-order valence-electron chi connectivity index (χ2n) is 9.53. The Kier molecular flexibility index (Phi) is 5.98. The van der Waals surface area contributed by atoms with Gasteiger partial charge in [-0.2, -0.15) is 5.10 Å². The number of hydrogen-bond acceptors (Lipinski definition) is 6. The third-order valence-corrected chi connectivity index (χ3v) is 7.03.